The van der Waals surface area contributed by atoms with Crippen LogP contribution in [0, 0.1) is 10.8 Å². The Morgan fingerprint density at radius 2 is 1.46 bits per heavy atom. The Labute approximate surface area is 154 Å². The first-order chi connectivity index (χ1) is 11.8. The summed E-state index contributed by atoms with van der Waals surface area (Å²) in [6.45, 7) is 10.1. The van der Waals surface area contributed by atoms with Gasteiger partial charge in [-0.2, -0.15) is 0 Å². The van der Waals surface area contributed by atoms with E-state index in [4.69, 9.17) is 14.2 Å². The third kappa shape index (κ3) is 4.84. The maximum atomic E-state index is 12.9. The van der Waals surface area contributed by atoms with Crippen LogP contribution in [0.4, 0.5) is 0 Å². The van der Waals surface area contributed by atoms with Crippen LogP contribution in [-0.2, 0) is 4.79 Å². The largest absolute Gasteiger partial charge is 0.493 e. The second-order valence-electron chi connectivity index (χ2n) is 8.04. The van der Waals surface area contributed by atoms with E-state index in [2.05, 4.69) is 0 Å². The maximum absolute atomic E-state index is 12.9. The first-order valence-electron chi connectivity index (χ1n) is 8.34. The normalized spacial score (nSPS) is 11.7. The van der Waals surface area contributed by atoms with Crippen LogP contribution in [0.15, 0.2) is 16.9 Å². The lowest BCUT2D eigenvalue weighted by molar-refractivity contribution is -0.128. The summed E-state index contributed by atoms with van der Waals surface area (Å²) in [6.07, 6.45) is 0. The minimum atomic E-state index is -0.822. The molecule has 6 nitrogen and oxygen atoms in total. The first kappa shape index (κ1) is 21.7. The van der Waals surface area contributed by atoms with Gasteiger partial charge in [-0.25, -0.2) is 0 Å². The number of ether oxygens (including phenoxy) is 3. The molecule has 0 radical (unpaired) electrons. The molecule has 0 aliphatic carbocycles. The number of hydrogen-bond donors (Lipinski definition) is 0. The lowest BCUT2D eigenvalue weighted by Gasteiger charge is -2.21. The van der Waals surface area contributed by atoms with Gasteiger partial charge in [0.25, 0.3) is 0 Å². The van der Waals surface area contributed by atoms with Crippen LogP contribution in [-0.4, -0.2) is 32.4 Å². The van der Waals surface area contributed by atoms with Crippen molar-refractivity contribution >= 4 is 11.6 Å². The molecule has 0 spiro atoms. The van der Waals surface area contributed by atoms with Crippen LogP contribution in [0.3, 0.4) is 0 Å². The van der Waals surface area contributed by atoms with Gasteiger partial charge in [0.2, 0.25) is 5.75 Å². The first-order valence-corrected chi connectivity index (χ1v) is 8.34. The van der Waals surface area contributed by atoms with Crippen LogP contribution in [0.5, 0.6) is 17.2 Å². The van der Waals surface area contributed by atoms with Crippen molar-refractivity contribution in [3.05, 3.63) is 27.9 Å². The van der Waals surface area contributed by atoms with Gasteiger partial charge in [0.05, 0.1) is 14.2 Å². The smallest absolute Gasteiger partial charge is 0.204 e. The number of carbonyl (C=O) groups excluding carboxylic acids is 2. The average Bonchev–Trinajstić information content (AvgIpc) is 2.65. The van der Waals surface area contributed by atoms with Gasteiger partial charge < -0.3 is 14.2 Å². The molecule has 0 unspecified atom stereocenters. The van der Waals surface area contributed by atoms with Crippen molar-refractivity contribution in [2.45, 2.75) is 41.5 Å². The molecule has 144 valence electrons. The second kappa shape index (κ2) is 7.89. The number of Topliss-reactive ketones (excluding diaryl/α,β-unsaturated/α-hetero) is 2. The Morgan fingerprint density at radius 1 is 0.885 bits per heavy atom. The lowest BCUT2D eigenvalue weighted by atomic mass is 9.86. The molecule has 0 saturated carbocycles. The zero-order valence-electron chi connectivity index (χ0n) is 16.8. The van der Waals surface area contributed by atoms with Crippen molar-refractivity contribution in [2.24, 2.45) is 10.8 Å². The molecule has 0 atom stereocenters. The van der Waals surface area contributed by atoms with Gasteiger partial charge in [0, 0.05) is 10.8 Å². The SMILES string of the molecule is COc1ccc(=O)c(C(=O)C(C)(C)C)c(OCC(=O)C(C)(C)C)c1OC. The molecule has 0 saturated heterocycles. The van der Waals surface area contributed by atoms with Crippen molar-refractivity contribution < 1.29 is 23.8 Å². The molecule has 0 amide bonds. The summed E-state index contributed by atoms with van der Waals surface area (Å²) in [5.74, 6) is -0.319. The Morgan fingerprint density at radius 3 is 1.88 bits per heavy atom. The van der Waals surface area contributed by atoms with E-state index in [1.807, 2.05) is 0 Å². The van der Waals surface area contributed by atoms with Gasteiger partial charge in [-0.05, 0) is 12.1 Å². The zero-order chi connectivity index (χ0) is 20.3. The molecule has 0 heterocycles. The third-order valence-corrected chi connectivity index (χ3v) is 3.81. The molecule has 6 heteroatoms. The Bertz CT molecular complexity index is 751. The summed E-state index contributed by atoms with van der Waals surface area (Å²) in [7, 11) is 2.80. The quantitative estimate of drug-likeness (QED) is 0.721. The summed E-state index contributed by atoms with van der Waals surface area (Å²) in [6, 6.07) is 2.65. The maximum Gasteiger partial charge on any atom is 0.204 e. The molecule has 0 N–H and O–H groups in total. The van der Waals surface area contributed by atoms with E-state index in [-0.39, 0.29) is 35.2 Å². The summed E-state index contributed by atoms with van der Waals surface area (Å²) >= 11 is 0. The topological polar surface area (TPSA) is 78.9 Å². The van der Waals surface area contributed by atoms with Crippen molar-refractivity contribution in [1.29, 1.82) is 0 Å². The van der Waals surface area contributed by atoms with Gasteiger partial charge in [-0.15, -0.1) is 0 Å². The van der Waals surface area contributed by atoms with Gasteiger partial charge >= 0.3 is 0 Å². The van der Waals surface area contributed by atoms with Crippen LogP contribution in [0.1, 0.15) is 51.9 Å². The highest BCUT2D eigenvalue weighted by Crippen LogP contribution is 2.39. The van der Waals surface area contributed by atoms with Gasteiger partial charge in [-0.3, -0.25) is 14.4 Å². The van der Waals surface area contributed by atoms with Crippen LogP contribution in [0.25, 0.3) is 0 Å². The molecule has 0 fully saturated rings. The number of ketones is 2. The fourth-order valence-corrected chi connectivity index (χ4v) is 2.08. The van der Waals surface area contributed by atoms with E-state index in [9.17, 15) is 14.4 Å². The molecule has 1 aromatic rings. The Hall–Kier alpha value is -2.37. The van der Waals surface area contributed by atoms with Crippen LogP contribution >= 0.6 is 0 Å². The van der Waals surface area contributed by atoms with E-state index >= 15 is 0 Å². The van der Waals surface area contributed by atoms with Crippen molar-refractivity contribution in [3.63, 3.8) is 0 Å². The lowest BCUT2D eigenvalue weighted by Crippen LogP contribution is -2.29. The molecule has 1 aromatic carbocycles. The van der Waals surface area contributed by atoms with E-state index in [1.165, 1.54) is 26.4 Å². The molecule has 0 bridgehead atoms. The summed E-state index contributed by atoms with van der Waals surface area (Å²) < 4.78 is 16.3. The van der Waals surface area contributed by atoms with Gasteiger partial charge in [-0.1, -0.05) is 41.5 Å². The molecule has 0 aliphatic heterocycles. The van der Waals surface area contributed by atoms with Crippen LogP contribution in [0.2, 0.25) is 0 Å². The van der Waals surface area contributed by atoms with Gasteiger partial charge in [0.15, 0.2) is 28.5 Å². The predicted molar refractivity (Wildman–Crippen MR) is 99.6 cm³/mol. The van der Waals surface area contributed by atoms with E-state index in [0.717, 1.165) is 0 Å². The van der Waals surface area contributed by atoms with Gasteiger partial charge in [0.1, 0.15) is 12.2 Å². The van der Waals surface area contributed by atoms with Crippen molar-refractivity contribution in [1.82, 2.24) is 0 Å². The highest BCUT2D eigenvalue weighted by atomic mass is 16.5. The predicted octanol–water partition coefficient (Wildman–Crippen LogP) is 3.29. The number of rotatable bonds is 6. The highest BCUT2D eigenvalue weighted by molar-refractivity contribution is 6.03. The van der Waals surface area contributed by atoms with Crippen LogP contribution < -0.4 is 19.6 Å². The molecule has 0 aliphatic rings. The zero-order valence-corrected chi connectivity index (χ0v) is 16.8. The van der Waals surface area contributed by atoms with Crippen molar-refractivity contribution in [3.8, 4) is 17.2 Å². The van der Waals surface area contributed by atoms with Crippen molar-refractivity contribution in [2.75, 3.05) is 20.8 Å². The van der Waals surface area contributed by atoms with E-state index < -0.39 is 22.0 Å². The summed E-state index contributed by atoms with van der Waals surface area (Å²) in [5.41, 5.74) is -2.12. The fraction of sp³-hybridized carbons (Fsp3) is 0.550. The molecular weight excluding hydrogens is 336 g/mol. The standard InChI is InChI=1S/C20H28O6/c1-19(2,3)14(22)11-26-17-15(18(23)20(4,5)6)12(21)9-10-13(24-7)16(17)25-8/h9-10H,11H2,1-8H3. The Kier molecular flexibility index (Phi) is 6.58. The van der Waals surface area contributed by atoms with E-state index in [0.29, 0.717) is 0 Å². The summed E-state index contributed by atoms with van der Waals surface area (Å²) in [4.78, 5) is 37.8. The average molecular weight is 364 g/mol. The molecular formula is C20H28O6. The summed E-state index contributed by atoms with van der Waals surface area (Å²) in [5, 5.41) is 0. The third-order valence-electron chi connectivity index (χ3n) is 3.81. The number of methoxy groups -OCH3 is 2. The minimum absolute atomic E-state index is 0.0723. The molecule has 0 aromatic heterocycles. The fourth-order valence-electron chi connectivity index (χ4n) is 2.08. The van der Waals surface area contributed by atoms with E-state index in [1.54, 1.807) is 41.5 Å². The second-order valence-corrected chi connectivity index (χ2v) is 8.04. The molecule has 26 heavy (non-hydrogen) atoms. The highest BCUT2D eigenvalue weighted by Gasteiger charge is 2.32. The minimum Gasteiger partial charge on any atom is -0.493 e. The Balaban J connectivity index is 3.68. The number of hydrogen-bond acceptors (Lipinski definition) is 6. The monoisotopic (exact) mass is 364 g/mol. The molecule has 1 rings (SSSR count). The number of carbonyl (C=O) groups is 2.